The molecular weight excluding hydrogens is 1010 g/mol. The Bertz CT molecular complexity index is 3890. The van der Waals surface area contributed by atoms with E-state index in [0.717, 1.165) is 57.3 Å². The van der Waals surface area contributed by atoms with E-state index in [9.17, 15) is 0 Å². The van der Waals surface area contributed by atoms with Crippen LogP contribution in [0.15, 0.2) is 248 Å². The predicted octanol–water partition coefficient (Wildman–Crippen LogP) is 21.7. The molecule has 0 radical (unpaired) electrons. The second kappa shape index (κ2) is 23.3. The lowest BCUT2D eigenvalue weighted by Gasteiger charge is -2.34. The largest absolute Gasteiger partial charge is 0.0874 e. The Labute approximate surface area is 503 Å². The Morgan fingerprint density at radius 2 is 1.06 bits per heavy atom. The van der Waals surface area contributed by atoms with E-state index in [4.69, 9.17) is 0 Å². The average molecular weight is 1090 g/mol. The molecule has 6 unspecified atom stereocenters. The van der Waals surface area contributed by atoms with Crippen LogP contribution >= 0.6 is 0 Å². The molecule has 9 aromatic rings. The summed E-state index contributed by atoms with van der Waals surface area (Å²) in [7, 11) is 0. The predicted molar refractivity (Wildman–Crippen MR) is 356 cm³/mol. The van der Waals surface area contributed by atoms with E-state index in [0.29, 0.717) is 11.8 Å². The van der Waals surface area contributed by atoms with Gasteiger partial charge in [0.2, 0.25) is 0 Å². The Hall–Kier alpha value is -7.80. The maximum absolute atomic E-state index is 2.64. The van der Waals surface area contributed by atoms with Gasteiger partial charge in [-0.2, -0.15) is 0 Å². The first-order valence-electron chi connectivity index (χ1n) is 31.9. The summed E-state index contributed by atoms with van der Waals surface area (Å²) in [5, 5.41) is 0. The monoisotopic (exact) mass is 1090 g/mol. The zero-order valence-electron chi connectivity index (χ0n) is 50.7. The lowest BCUT2D eigenvalue weighted by atomic mass is 9.68. The van der Waals surface area contributed by atoms with Crippen molar-refractivity contribution in [1.82, 2.24) is 0 Å². The third-order valence-corrected chi connectivity index (χ3v) is 20.8. The molecule has 420 valence electrons. The van der Waals surface area contributed by atoms with Crippen LogP contribution in [-0.4, -0.2) is 0 Å². The number of aryl methyl sites for hydroxylation is 1. The lowest BCUT2D eigenvalue weighted by Crippen LogP contribution is -2.27. The van der Waals surface area contributed by atoms with Gasteiger partial charge in [-0.1, -0.05) is 272 Å². The van der Waals surface area contributed by atoms with E-state index in [1.165, 1.54) is 131 Å². The first-order valence-corrected chi connectivity index (χ1v) is 31.9. The van der Waals surface area contributed by atoms with E-state index < -0.39 is 0 Å². The molecule has 0 bridgehead atoms. The van der Waals surface area contributed by atoms with Crippen molar-refractivity contribution in [2.75, 3.05) is 0 Å². The van der Waals surface area contributed by atoms with Crippen LogP contribution in [0.4, 0.5) is 0 Å². The van der Waals surface area contributed by atoms with Crippen molar-refractivity contribution >= 4 is 0 Å². The number of hydrogen-bond acceptors (Lipinski definition) is 0. The fourth-order valence-corrected chi connectivity index (χ4v) is 15.6. The highest BCUT2D eigenvalue weighted by molar-refractivity contribution is 5.81. The Morgan fingerprint density at radius 3 is 1.65 bits per heavy atom. The highest BCUT2D eigenvalue weighted by Crippen LogP contribution is 2.59. The third kappa shape index (κ3) is 10.3. The zero-order chi connectivity index (χ0) is 57.4. The number of rotatable bonds is 19. The molecule has 0 saturated heterocycles. The number of fused-ring (bicyclic) bond motifs is 8. The van der Waals surface area contributed by atoms with Crippen LogP contribution in [-0.2, 0) is 35.5 Å². The zero-order valence-corrected chi connectivity index (χ0v) is 50.7. The number of benzene rings is 9. The molecule has 4 aliphatic rings. The molecule has 0 heteroatoms. The van der Waals surface area contributed by atoms with Crippen LogP contribution in [0, 0.1) is 11.8 Å². The van der Waals surface area contributed by atoms with Gasteiger partial charge in [0.1, 0.15) is 0 Å². The van der Waals surface area contributed by atoms with Crippen molar-refractivity contribution in [2.45, 2.75) is 140 Å². The Balaban J connectivity index is 0.756. The molecule has 6 atom stereocenters. The number of hydrogen-bond donors (Lipinski definition) is 0. The van der Waals surface area contributed by atoms with Crippen molar-refractivity contribution in [3.05, 3.63) is 332 Å². The molecule has 0 nitrogen and oxygen atoms in total. The molecule has 0 spiro atoms. The van der Waals surface area contributed by atoms with Gasteiger partial charge in [0.25, 0.3) is 0 Å². The Morgan fingerprint density at radius 1 is 0.524 bits per heavy atom. The van der Waals surface area contributed by atoms with Gasteiger partial charge in [0.15, 0.2) is 0 Å². The average Bonchev–Trinajstić information content (AvgIpc) is 4.16. The van der Waals surface area contributed by atoms with Crippen molar-refractivity contribution < 1.29 is 0 Å². The second-order valence-corrected chi connectivity index (χ2v) is 26.4. The standard InChI is InChI=1S/C84H84/c1-7-23-60(24-22-48-83(69-31-16-11-17-32-69)56-78(62-25-12-9-13-26-62)76-54-74-66(52-80(76)83)50-64-29-18-20-33-72(64)74)38-36-59(4)47-49-82(5,6)68-43-45-71(46-44-68)84(70-41-39-61(40-42-70)37-35-58(3)8-2)57-79(63-27-14-10-15-28-63)77-55-75-67(53-81(77)84)51-65-30-19-21-34-73(65)75/h7,9-34,39-46,48,52-55,58-59,78-79H,8,35-38,47,49-51,56-57H2,1-6H3/b23-7-,48-22?,60-24+. The molecule has 0 fully saturated rings. The molecule has 13 rings (SSSR count). The van der Waals surface area contributed by atoms with E-state index in [1.54, 1.807) is 0 Å². The molecule has 4 aliphatic carbocycles. The van der Waals surface area contributed by atoms with Crippen LogP contribution in [0.2, 0.25) is 0 Å². The Kier molecular flexibility index (Phi) is 15.4. The fraction of sp³-hybridized carbons (Fsp3) is 0.286. The van der Waals surface area contributed by atoms with Crippen LogP contribution in [0.25, 0.3) is 22.3 Å². The first-order chi connectivity index (χ1) is 41.0. The summed E-state index contributed by atoms with van der Waals surface area (Å²) in [4.78, 5) is 0. The van der Waals surface area contributed by atoms with Gasteiger partial charge in [0, 0.05) is 22.7 Å². The summed E-state index contributed by atoms with van der Waals surface area (Å²) >= 11 is 0. The highest BCUT2D eigenvalue weighted by Gasteiger charge is 2.49. The lowest BCUT2D eigenvalue weighted by molar-refractivity contribution is 0.386. The van der Waals surface area contributed by atoms with Gasteiger partial charge < -0.3 is 0 Å². The molecule has 0 aromatic heterocycles. The summed E-state index contributed by atoms with van der Waals surface area (Å²) in [6, 6.07) is 82.5. The van der Waals surface area contributed by atoms with E-state index in [1.807, 2.05) is 0 Å². The second-order valence-electron chi connectivity index (χ2n) is 26.4. The summed E-state index contributed by atoms with van der Waals surface area (Å²) in [5.74, 6) is 1.90. The van der Waals surface area contributed by atoms with E-state index in [-0.39, 0.29) is 22.2 Å². The quantitative estimate of drug-likeness (QED) is 0.0708. The third-order valence-electron chi connectivity index (χ3n) is 20.8. The highest BCUT2D eigenvalue weighted by atomic mass is 14.5. The van der Waals surface area contributed by atoms with Crippen LogP contribution in [0.5, 0.6) is 0 Å². The van der Waals surface area contributed by atoms with Gasteiger partial charge in [-0.3, -0.25) is 0 Å². The molecule has 0 heterocycles. The number of allylic oxidation sites excluding steroid dienone is 6. The van der Waals surface area contributed by atoms with Crippen molar-refractivity contribution in [3.63, 3.8) is 0 Å². The van der Waals surface area contributed by atoms with Crippen molar-refractivity contribution in [3.8, 4) is 22.3 Å². The minimum absolute atomic E-state index is 0.0263. The van der Waals surface area contributed by atoms with Crippen LogP contribution in [0.3, 0.4) is 0 Å². The molecule has 0 amide bonds. The normalized spacial score (nSPS) is 20.1. The molecular formula is C84H84. The fourth-order valence-electron chi connectivity index (χ4n) is 15.6. The minimum atomic E-state index is -0.291. The van der Waals surface area contributed by atoms with Gasteiger partial charge >= 0.3 is 0 Å². The van der Waals surface area contributed by atoms with Crippen LogP contribution < -0.4 is 0 Å². The molecule has 0 saturated carbocycles. The maximum atomic E-state index is 2.64. The van der Waals surface area contributed by atoms with E-state index >= 15 is 0 Å². The van der Waals surface area contributed by atoms with Gasteiger partial charge in [0.05, 0.1) is 0 Å². The molecule has 84 heavy (non-hydrogen) atoms. The van der Waals surface area contributed by atoms with Gasteiger partial charge in [-0.05, 0) is 212 Å². The topological polar surface area (TPSA) is 0 Å². The van der Waals surface area contributed by atoms with Gasteiger partial charge in [-0.25, -0.2) is 0 Å². The minimum Gasteiger partial charge on any atom is -0.0874 e. The first kappa shape index (κ1) is 55.4. The van der Waals surface area contributed by atoms with Crippen LogP contribution in [0.1, 0.15) is 188 Å². The maximum Gasteiger partial charge on any atom is 0.0463 e. The van der Waals surface area contributed by atoms with E-state index in [2.05, 4.69) is 284 Å². The summed E-state index contributed by atoms with van der Waals surface area (Å²) in [6.07, 6.45) is 24.1. The molecule has 9 aromatic carbocycles. The van der Waals surface area contributed by atoms with Crippen molar-refractivity contribution in [2.24, 2.45) is 11.8 Å². The SMILES string of the molecule is C/C=C\C(=C/C=CC1(c2ccccc2)CC(c2ccccc2)c2cc3c(cc21)Cc1ccccc1-3)CCC(C)CCC(C)(C)c1ccc(C2(c3ccc(CCC(C)CC)cc3)CC(c3ccccc3)c3cc4c(cc32)Cc2ccccc2-4)cc1. The molecule has 0 aliphatic heterocycles. The summed E-state index contributed by atoms with van der Waals surface area (Å²) in [5.41, 5.74) is 28.1. The summed E-state index contributed by atoms with van der Waals surface area (Å²) in [6.45, 7) is 14.3. The smallest absolute Gasteiger partial charge is 0.0463 e. The van der Waals surface area contributed by atoms with Crippen molar-refractivity contribution in [1.29, 1.82) is 0 Å². The van der Waals surface area contributed by atoms with Gasteiger partial charge in [-0.15, -0.1) is 0 Å². The summed E-state index contributed by atoms with van der Waals surface area (Å²) < 4.78 is 0. The molecule has 0 N–H and O–H groups in total.